The van der Waals surface area contributed by atoms with Gasteiger partial charge in [0.2, 0.25) is 0 Å². The van der Waals surface area contributed by atoms with Gasteiger partial charge in [-0.25, -0.2) is 0 Å². The number of hydrogen-bond donors (Lipinski definition) is 0. The zero-order valence-corrected chi connectivity index (χ0v) is 7.93. The van der Waals surface area contributed by atoms with Crippen LogP contribution in [0.25, 0.3) is 0 Å². The molecule has 0 aromatic carbocycles. The Labute approximate surface area is 65.6 Å². The summed E-state index contributed by atoms with van der Waals surface area (Å²) >= 11 is 0.958. The second-order valence-electron chi connectivity index (χ2n) is 0. The van der Waals surface area contributed by atoms with E-state index in [9.17, 15) is 0 Å². The van der Waals surface area contributed by atoms with E-state index >= 15 is 0 Å². The standard InChI is InChI=1S/Ag.Cu.Ga.S.H. The van der Waals surface area contributed by atoms with E-state index in [2.05, 4.69) is 10.1 Å². The first-order chi connectivity index (χ1) is 1.00. The van der Waals surface area contributed by atoms with Gasteiger partial charge >= 0.3 is 26.9 Å². The van der Waals surface area contributed by atoms with Crippen molar-refractivity contribution in [3.05, 3.63) is 0 Å². The maximum atomic E-state index is 4.21. The van der Waals surface area contributed by atoms with Crippen LogP contribution < -0.4 is 0 Å². The zero-order valence-electron chi connectivity index (χ0n) is 1.72. The molecule has 0 N–H and O–H groups in total. The molecule has 0 amide bonds. The molecular formula is HAgCuGaS. The van der Waals surface area contributed by atoms with Crippen molar-refractivity contribution in [2.75, 3.05) is 0 Å². The van der Waals surface area contributed by atoms with E-state index in [-0.39, 0.29) is 39.4 Å². The minimum absolute atomic E-state index is 0. The van der Waals surface area contributed by atoms with E-state index < -0.39 is 0 Å². The first-order valence-electron chi connectivity index (χ1n) is 0.289. The van der Waals surface area contributed by atoms with Gasteiger partial charge in [-0.3, -0.25) is 0 Å². The topological polar surface area (TPSA) is 0 Å². The average molecular weight is 274 g/mol. The molecule has 0 atom stereocenters. The van der Waals surface area contributed by atoms with Gasteiger partial charge in [0.05, 0.1) is 0 Å². The van der Waals surface area contributed by atoms with E-state index in [0.29, 0.717) is 0 Å². The number of rotatable bonds is 0. The van der Waals surface area contributed by atoms with Gasteiger partial charge in [-0.2, -0.15) is 0 Å². The van der Waals surface area contributed by atoms with Crippen molar-refractivity contribution >= 4 is 26.9 Å². The quantitative estimate of drug-likeness (QED) is 0.560. The van der Waals surface area contributed by atoms with E-state index in [1.807, 2.05) is 0 Å². The van der Waals surface area contributed by atoms with Gasteiger partial charge < -0.3 is 0 Å². The molecule has 0 heterocycles. The average Bonchev–Trinajstić information content (AvgIpc) is 1.00. The second-order valence-corrected chi connectivity index (χ2v) is 0. The zero-order chi connectivity index (χ0) is 2.00. The summed E-state index contributed by atoms with van der Waals surface area (Å²) in [5.74, 6) is 0. The van der Waals surface area contributed by atoms with Crippen LogP contribution in [0.15, 0.2) is 0 Å². The molecule has 0 spiro atoms. The Balaban J connectivity index is -0.00000000500. The summed E-state index contributed by atoms with van der Waals surface area (Å²) in [7, 11) is 4.21. The molecular weight excluding hydrogens is 273 g/mol. The van der Waals surface area contributed by atoms with Crippen molar-refractivity contribution in [3.8, 4) is 0 Å². The van der Waals surface area contributed by atoms with Crippen LogP contribution in [-0.2, 0) is 39.4 Å². The molecule has 0 aromatic heterocycles. The van der Waals surface area contributed by atoms with Crippen LogP contribution in [0.5, 0.6) is 0 Å². The Morgan fingerprint density at radius 1 is 1.25 bits per heavy atom. The fraction of sp³-hybridized carbons (Fsp3) is 0. The molecule has 0 rings (SSSR count). The van der Waals surface area contributed by atoms with Gasteiger partial charge in [-0.05, 0) is 0 Å². The van der Waals surface area contributed by atoms with Gasteiger partial charge in [-0.1, -0.05) is 0 Å². The molecule has 4 heavy (non-hydrogen) atoms. The predicted molar refractivity (Wildman–Crippen MR) is 14.7 cm³/mol. The summed E-state index contributed by atoms with van der Waals surface area (Å²) in [4.78, 5) is 0. The summed E-state index contributed by atoms with van der Waals surface area (Å²) in [6, 6.07) is 0. The molecule has 0 aliphatic rings. The molecule has 0 aliphatic carbocycles. The molecule has 0 unspecified atom stereocenters. The van der Waals surface area contributed by atoms with Crippen molar-refractivity contribution in [2.24, 2.45) is 0 Å². The van der Waals surface area contributed by atoms with Crippen molar-refractivity contribution in [1.82, 2.24) is 0 Å². The van der Waals surface area contributed by atoms with Gasteiger partial charge in [0.25, 0.3) is 0 Å². The first-order valence-corrected chi connectivity index (χ1v) is 4.50. The normalized spacial score (nSPS) is 0.750. The van der Waals surface area contributed by atoms with Crippen LogP contribution in [0, 0.1) is 0 Å². The Morgan fingerprint density at radius 3 is 1.25 bits per heavy atom. The molecule has 0 aromatic rings. The van der Waals surface area contributed by atoms with Crippen LogP contribution in [0.2, 0.25) is 0 Å². The number of hydrogen-bond acceptors (Lipinski definition) is 1. The second kappa shape index (κ2) is 19.4. The third-order valence-electron chi connectivity index (χ3n) is 0. The molecule has 0 nitrogen and oxygen atoms in total. The summed E-state index contributed by atoms with van der Waals surface area (Å²) < 4.78 is 0. The molecule has 0 saturated carbocycles. The molecule has 0 aliphatic heterocycles. The van der Waals surface area contributed by atoms with E-state index in [0.717, 1.165) is 16.8 Å². The molecule has 0 saturated heterocycles. The summed E-state index contributed by atoms with van der Waals surface area (Å²) in [6.07, 6.45) is 0. The van der Waals surface area contributed by atoms with Gasteiger partial charge in [-0.15, -0.1) is 0 Å². The maximum absolute atomic E-state index is 4.21. The third kappa shape index (κ3) is 8.93. The van der Waals surface area contributed by atoms with Crippen LogP contribution in [0.3, 0.4) is 0 Å². The van der Waals surface area contributed by atoms with E-state index in [1.165, 1.54) is 0 Å². The summed E-state index contributed by atoms with van der Waals surface area (Å²) in [6.45, 7) is 0. The Morgan fingerprint density at radius 2 is 1.25 bits per heavy atom. The molecule has 0 bridgehead atoms. The van der Waals surface area contributed by atoms with Gasteiger partial charge in [0.15, 0.2) is 0 Å². The fourth-order valence-corrected chi connectivity index (χ4v) is 0. The van der Waals surface area contributed by atoms with E-state index in [4.69, 9.17) is 0 Å². The third-order valence-corrected chi connectivity index (χ3v) is 0. The van der Waals surface area contributed by atoms with E-state index in [1.54, 1.807) is 0 Å². The van der Waals surface area contributed by atoms with Gasteiger partial charge in [0, 0.05) is 39.4 Å². The Bertz CT molecular complexity index is 8.00. The van der Waals surface area contributed by atoms with Crippen LogP contribution >= 0.6 is 10.1 Å². The van der Waals surface area contributed by atoms with Crippen LogP contribution in [-0.4, -0.2) is 16.8 Å². The fourth-order valence-electron chi connectivity index (χ4n) is 0. The molecule has 4 heteroatoms. The molecule has 2 radical (unpaired) electrons. The minimum atomic E-state index is 0. The summed E-state index contributed by atoms with van der Waals surface area (Å²) in [5, 5.41) is 0. The Kier molecular flexibility index (Phi) is 79.8. The van der Waals surface area contributed by atoms with Crippen molar-refractivity contribution in [2.45, 2.75) is 0 Å². The van der Waals surface area contributed by atoms with Crippen molar-refractivity contribution in [3.63, 3.8) is 0 Å². The summed E-state index contributed by atoms with van der Waals surface area (Å²) in [5.41, 5.74) is 0. The van der Waals surface area contributed by atoms with Crippen LogP contribution in [0.4, 0.5) is 0 Å². The van der Waals surface area contributed by atoms with Gasteiger partial charge in [0.1, 0.15) is 0 Å². The Hall–Kier alpha value is 2.12. The molecule has 0 fully saturated rings. The van der Waals surface area contributed by atoms with Crippen molar-refractivity contribution < 1.29 is 39.4 Å². The monoisotopic (exact) mass is 272 g/mol. The van der Waals surface area contributed by atoms with Crippen LogP contribution in [0.1, 0.15) is 0 Å². The van der Waals surface area contributed by atoms with Crippen molar-refractivity contribution in [1.29, 1.82) is 0 Å². The predicted octanol–water partition coefficient (Wildman–Crippen LogP) is -0.00530. The SMILES string of the molecule is [Ag].[Cu].[S]=[GaH]. The first kappa shape index (κ1) is 16.5. The molecule has 32 valence electrons.